The minimum atomic E-state index is -1.05. The predicted molar refractivity (Wildman–Crippen MR) is 148 cm³/mol. The second kappa shape index (κ2) is 22.4. The Morgan fingerprint density at radius 3 is 1.44 bits per heavy atom. The van der Waals surface area contributed by atoms with Crippen LogP contribution in [0.2, 0.25) is 24.2 Å². The molecule has 0 heterocycles. The van der Waals surface area contributed by atoms with Crippen LogP contribution in [-0.2, 0) is 14.3 Å². The summed E-state index contributed by atoms with van der Waals surface area (Å²) in [6, 6.07) is 6.33. The summed E-state index contributed by atoms with van der Waals surface area (Å²) < 4.78 is 5.08. The SMILES string of the molecule is C=C(CC(=O)O)C(=O)OCCCCCCCCCCCC[Si](CCCC)(CCCC)CCCC. The fourth-order valence-electron chi connectivity index (χ4n) is 4.94. The average molecular weight is 497 g/mol. The van der Waals surface area contributed by atoms with Gasteiger partial charge in [0.1, 0.15) is 0 Å². The number of hydrogen-bond acceptors (Lipinski definition) is 3. The van der Waals surface area contributed by atoms with Gasteiger partial charge < -0.3 is 9.84 Å². The van der Waals surface area contributed by atoms with Crippen molar-refractivity contribution < 1.29 is 19.4 Å². The quantitative estimate of drug-likeness (QED) is 0.0591. The van der Waals surface area contributed by atoms with E-state index < -0.39 is 20.0 Å². The Labute approximate surface area is 212 Å². The highest BCUT2D eigenvalue weighted by Gasteiger charge is 2.30. The van der Waals surface area contributed by atoms with Gasteiger partial charge >= 0.3 is 11.9 Å². The lowest BCUT2D eigenvalue weighted by molar-refractivity contribution is -0.142. The lowest BCUT2D eigenvalue weighted by Gasteiger charge is -2.32. The number of rotatable bonds is 25. The molecule has 0 amide bonds. The predicted octanol–water partition coefficient (Wildman–Crippen LogP) is 9.31. The molecule has 0 rings (SSSR count). The third-order valence-corrected chi connectivity index (χ3v) is 12.8. The van der Waals surface area contributed by atoms with Gasteiger partial charge in [0.25, 0.3) is 0 Å². The van der Waals surface area contributed by atoms with Crippen molar-refractivity contribution in [3.63, 3.8) is 0 Å². The van der Waals surface area contributed by atoms with Crippen LogP contribution >= 0.6 is 0 Å². The molecule has 0 bridgehead atoms. The maximum atomic E-state index is 11.6. The van der Waals surface area contributed by atoms with Crippen molar-refractivity contribution in [3.05, 3.63) is 12.2 Å². The van der Waals surface area contributed by atoms with Crippen LogP contribution in [0.3, 0.4) is 0 Å². The van der Waals surface area contributed by atoms with Gasteiger partial charge in [-0.2, -0.15) is 0 Å². The summed E-state index contributed by atoms with van der Waals surface area (Å²) in [4.78, 5) is 22.1. The van der Waals surface area contributed by atoms with Gasteiger partial charge in [0.05, 0.1) is 21.1 Å². The van der Waals surface area contributed by atoms with Gasteiger partial charge in [-0.3, -0.25) is 4.79 Å². The molecule has 0 aliphatic heterocycles. The van der Waals surface area contributed by atoms with E-state index in [0.717, 1.165) is 12.8 Å². The Morgan fingerprint density at radius 2 is 1.03 bits per heavy atom. The number of carbonyl (C=O) groups excluding carboxylic acids is 1. The molecule has 0 saturated carbocycles. The lowest BCUT2D eigenvalue weighted by atomic mass is 10.1. The Kier molecular flexibility index (Phi) is 21.6. The molecule has 0 radical (unpaired) electrons. The average Bonchev–Trinajstić information content (AvgIpc) is 2.81. The highest BCUT2D eigenvalue weighted by atomic mass is 28.3. The molecule has 0 fully saturated rings. The van der Waals surface area contributed by atoms with Crippen molar-refractivity contribution in [2.24, 2.45) is 0 Å². The van der Waals surface area contributed by atoms with E-state index in [-0.39, 0.29) is 12.0 Å². The number of carbonyl (C=O) groups is 2. The van der Waals surface area contributed by atoms with Gasteiger partial charge in [-0.25, -0.2) is 4.79 Å². The first-order chi connectivity index (χ1) is 16.4. The van der Waals surface area contributed by atoms with Crippen molar-refractivity contribution in [2.45, 2.75) is 154 Å². The van der Waals surface area contributed by atoms with Gasteiger partial charge in [-0.1, -0.05) is 148 Å². The fraction of sp³-hybridized carbons (Fsp3) is 0.862. The molecule has 0 saturated heterocycles. The van der Waals surface area contributed by atoms with Crippen molar-refractivity contribution in [2.75, 3.05) is 6.61 Å². The summed E-state index contributed by atoms with van der Waals surface area (Å²) in [5.74, 6) is -1.63. The number of carboxylic acid groups (broad SMARTS) is 1. The van der Waals surface area contributed by atoms with E-state index in [1.165, 1.54) is 89.9 Å². The van der Waals surface area contributed by atoms with E-state index in [1.54, 1.807) is 24.2 Å². The van der Waals surface area contributed by atoms with E-state index >= 15 is 0 Å². The topological polar surface area (TPSA) is 63.6 Å². The summed E-state index contributed by atoms with van der Waals surface area (Å²) in [7, 11) is -1.04. The largest absolute Gasteiger partial charge is 0.481 e. The highest BCUT2D eigenvalue weighted by Crippen LogP contribution is 2.34. The Morgan fingerprint density at radius 1 is 0.647 bits per heavy atom. The molecule has 200 valence electrons. The first-order valence-corrected chi connectivity index (χ1v) is 17.3. The van der Waals surface area contributed by atoms with Crippen LogP contribution < -0.4 is 0 Å². The van der Waals surface area contributed by atoms with Crippen LogP contribution in [-0.4, -0.2) is 31.7 Å². The van der Waals surface area contributed by atoms with Crippen molar-refractivity contribution in [1.82, 2.24) is 0 Å². The summed E-state index contributed by atoms with van der Waals surface area (Å²) in [6.45, 7) is 10.9. The minimum Gasteiger partial charge on any atom is -0.481 e. The first-order valence-electron chi connectivity index (χ1n) is 14.5. The standard InChI is InChI=1S/C29H56O4Si/c1-5-8-22-34(23-9-6-2,24-10-7-3)25-20-18-16-14-12-11-13-15-17-19-21-33-29(32)27(4)26-28(30)31/h4-26H2,1-3H3,(H,30,31). The highest BCUT2D eigenvalue weighted by molar-refractivity contribution is 6.79. The van der Waals surface area contributed by atoms with Crippen molar-refractivity contribution in [1.29, 1.82) is 0 Å². The van der Waals surface area contributed by atoms with E-state index in [9.17, 15) is 9.59 Å². The van der Waals surface area contributed by atoms with E-state index in [0.29, 0.717) is 6.61 Å². The van der Waals surface area contributed by atoms with Crippen LogP contribution in [0, 0.1) is 0 Å². The fourth-order valence-corrected chi connectivity index (χ4v) is 10.8. The Bertz CT molecular complexity index is 510. The van der Waals surface area contributed by atoms with Gasteiger partial charge in [0.2, 0.25) is 0 Å². The van der Waals surface area contributed by atoms with Crippen LogP contribution in [0.1, 0.15) is 130 Å². The Hall–Kier alpha value is -1.10. The van der Waals surface area contributed by atoms with E-state index in [4.69, 9.17) is 9.84 Å². The molecule has 0 aliphatic carbocycles. The zero-order valence-electron chi connectivity index (χ0n) is 22.9. The second-order valence-electron chi connectivity index (χ2n) is 10.4. The molecular formula is C29H56O4Si. The van der Waals surface area contributed by atoms with Crippen LogP contribution in [0.4, 0.5) is 0 Å². The zero-order valence-corrected chi connectivity index (χ0v) is 23.9. The third kappa shape index (κ3) is 18.3. The normalized spacial score (nSPS) is 11.5. The lowest BCUT2D eigenvalue weighted by Crippen LogP contribution is -2.33. The van der Waals surface area contributed by atoms with Gasteiger partial charge in [0, 0.05) is 5.57 Å². The van der Waals surface area contributed by atoms with Crippen LogP contribution in [0.15, 0.2) is 12.2 Å². The maximum absolute atomic E-state index is 11.6. The molecule has 1 N–H and O–H groups in total. The maximum Gasteiger partial charge on any atom is 0.333 e. The molecule has 0 unspecified atom stereocenters. The van der Waals surface area contributed by atoms with Gasteiger partial charge in [-0.15, -0.1) is 0 Å². The van der Waals surface area contributed by atoms with E-state index in [2.05, 4.69) is 27.4 Å². The minimum absolute atomic E-state index is 0.0170. The molecule has 0 aromatic heterocycles. The smallest absolute Gasteiger partial charge is 0.333 e. The molecule has 0 spiro atoms. The van der Waals surface area contributed by atoms with Crippen molar-refractivity contribution in [3.8, 4) is 0 Å². The van der Waals surface area contributed by atoms with E-state index in [1.807, 2.05) is 0 Å². The van der Waals surface area contributed by atoms with Crippen molar-refractivity contribution >= 4 is 20.0 Å². The molecule has 0 aromatic rings. The molecule has 0 aliphatic rings. The number of unbranched alkanes of at least 4 members (excludes halogenated alkanes) is 12. The second-order valence-corrected chi connectivity index (χ2v) is 15.4. The molecular weight excluding hydrogens is 440 g/mol. The number of carboxylic acids is 1. The molecule has 34 heavy (non-hydrogen) atoms. The number of esters is 1. The molecule has 4 nitrogen and oxygen atoms in total. The number of hydrogen-bond donors (Lipinski definition) is 1. The van der Waals surface area contributed by atoms with Gasteiger partial charge in [0.15, 0.2) is 0 Å². The zero-order chi connectivity index (χ0) is 25.5. The molecule has 5 heteroatoms. The van der Waals surface area contributed by atoms with Crippen LogP contribution in [0.25, 0.3) is 0 Å². The summed E-state index contributed by atoms with van der Waals surface area (Å²) in [6.07, 6.45) is 20.8. The first kappa shape index (κ1) is 32.9. The summed E-state index contributed by atoms with van der Waals surface area (Å²) >= 11 is 0. The monoisotopic (exact) mass is 496 g/mol. The van der Waals surface area contributed by atoms with Crippen LogP contribution in [0.5, 0.6) is 0 Å². The number of ether oxygens (including phenoxy) is 1. The number of aliphatic carboxylic acids is 1. The summed E-state index contributed by atoms with van der Waals surface area (Å²) in [5, 5.41) is 8.66. The Balaban J connectivity index is 3.82. The summed E-state index contributed by atoms with van der Waals surface area (Å²) in [5.41, 5.74) is 0.0170. The molecule has 0 aromatic carbocycles. The molecule has 0 atom stereocenters. The third-order valence-electron chi connectivity index (χ3n) is 7.17. The van der Waals surface area contributed by atoms with Gasteiger partial charge in [-0.05, 0) is 6.42 Å².